The molecule has 8 heteroatoms. The summed E-state index contributed by atoms with van der Waals surface area (Å²) < 4.78 is 40.6. The van der Waals surface area contributed by atoms with Crippen molar-refractivity contribution in [3.63, 3.8) is 0 Å². The number of sulfonamides is 1. The van der Waals surface area contributed by atoms with Crippen LogP contribution < -0.4 is 9.47 Å². The molecule has 0 radical (unpaired) electrons. The lowest BCUT2D eigenvalue weighted by Gasteiger charge is -2.36. The summed E-state index contributed by atoms with van der Waals surface area (Å²) in [6.07, 6.45) is 0.793. The third-order valence-electron chi connectivity index (χ3n) is 5.93. The first kappa shape index (κ1) is 27.5. The Balaban J connectivity index is 1.89. The zero-order valence-electron chi connectivity index (χ0n) is 20.9. The van der Waals surface area contributed by atoms with Gasteiger partial charge in [-0.1, -0.05) is 43.7 Å². The number of para-hydroxylation sites is 1. The maximum absolute atomic E-state index is 13.9. The summed E-state index contributed by atoms with van der Waals surface area (Å²) >= 11 is 0. The van der Waals surface area contributed by atoms with E-state index in [2.05, 4.69) is 6.92 Å². The van der Waals surface area contributed by atoms with Gasteiger partial charge in [0.05, 0.1) is 29.7 Å². The molecule has 2 N–H and O–H groups in total. The number of hydrogen-bond donors (Lipinski definition) is 2. The Morgan fingerprint density at radius 1 is 0.861 bits per heavy atom. The van der Waals surface area contributed by atoms with Crippen LogP contribution in [0.3, 0.4) is 0 Å². The first-order valence-corrected chi connectivity index (χ1v) is 13.6. The number of aliphatic hydroxyl groups excluding tert-OH is 1. The Labute approximate surface area is 214 Å². The smallest absolute Gasteiger partial charge is 0.243 e. The highest BCUT2D eigenvalue weighted by Gasteiger charge is 2.37. The minimum absolute atomic E-state index is 0.0638. The Kier molecular flexibility index (Phi) is 9.75. The van der Waals surface area contributed by atoms with Gasteiger partial charge in [-0.2, -0.15) is 4.31 Å². The van der Waals surface area contributed by atoms with E-state index in [1.54, 1.807) is 50.2 Å². The van der Waals surface area contributed by atoms with Gasteiger partial charge in [0.25, 0.3) is 0 Å². The maximum atomic E-state index is 13.9. The van der Waals surface area contributed by atoms with Gasteiger partial charge >= 0.3 is 0 Å². The molecule has 3 aromatic carbocycles. The first-order chi connectivity index (χ1) is 17.2. The molecule has 36 heavy (non-hydrogen) atoms. The number of aromatic hydroxyl groups is 1. The Morgan fingerprint density at radius 2 is 1.47 bits per heavy atom. The highest BCUT2D eigenvalue weighted by Crippen LogP contribution is 2.30. The molecule has 0 aliphatic heterocycles. The van der Waals surface area contributed by atoms with E-state index in [9.17, 15) is 18.6 Å². The van der Waals surface area contributed by atoms with Crippen LogP contribution in [-0.4, -0.2) is 48.2 Å². The quantitative estimate of drug-likeness (QED) is 0.307. The van der Waals surface area contributed by atoms with Crippen molar-refractivity contribution in [2.45, 2.75) is 56.7 Å². The summed E-state index contributed by atoms with van der Waals surface area (Å²) in [5, 5.41) is 20.7. The fourth-order valence-electron chi connectivity index (χ4n) is 3.92. The molecule has 0 aliphatic rings. The molecule has 3 unspecified atom stereocenters. The van der Waals surface area contributed by atoms with Gasteiger partial charge in [-0.15, -0.1) is 0 Å². The lowest BCUT2D eigenvalue weighted by atomic mass is 10.0. The number of aliphatic hydroxyl groups is 1. The third kappa shape index (κ3) is 7.00. The number of unbranched alkanes of at least 4 members (excludes halogenated alkanes) is 1. The largest absolute Gasteiger partial charge is 0.508 e. The summed E-state index contributed by atoms with van der Waals surface area (Å²) in [5.41, 5.74) is 0.497. The van der Waals surface area contributed by atoms with Gasteiger partial charge in [0.15, 0.2) is 0 Å². The second-order valence-electron chi connectivity index (χ2n) is 8.76. The normalized spacial score (nSPS) is 14.2. The van der Waals surface area contributed by atoms with E-state index in [1.165, 1.54) is 28.6 Å². The number of benzene rings is 3. The van der Waals surface area contributed by atoms with E-state index in [1.807, 2.05) is 18.2 Å². The summed E-state index contributed by atoms with van der Waals surface area (Å²) in [7, 11) is -4.02. The van der Waals surface area contributed by atoms with Crippen molar-refractivity contribution in [2.75, 3.05) is 13.2 Å². The fourth-order valence-corrected chi connectivity index (χ4v) is 5.73. The maximum Gasteiger partial charge on any atom is 0.243 e. The van der Waals surface area contributed by atoms with Crippen LogP contribution in [0, 0.1) is 0 Å². The molecular formula is C28H35NO6S. The predicted molar refractivity (Wildman–Crippen MR) is 140 cm³/mol. The number of phenolic OH excluding ortho intramolecular Hbond substituents is 1. The van der Waals surface area contributed by atoms with Gasteiger partial charge in [0.2, 0.25) is 10.0 Å². The number of phenols is 1. The summed E-state index contributed by atoms with van der Waals surface area (Å²) in [4.78, 5) is 0.0988. The van der Waals surface area contributed by atoms with Gasteiger partial charge in [0, 0.05) is 0 Å². The van der Waals surface area contributed by atoms with Crippen LogP contribution in [0.1, 0.15) is 45.3 Å². The fraction of sp³-hybridized carbons (Fsp3) is 0.357. The van der Waals surface area contributed by atoms with Crippen LogP contribution in [0.25, 0.3) is 0 Å². The van der Waals surface area contributed by atoms with Gasteiger partial charge in [0.1, 0.15) is 23.9 Å². The first-order valence-electron chi connectivity index (χ1n) is 12.1. The molecule has 0 fully saturated rings. The van der Waals surface area contributed by atoms with E-state index < -0.39 is 28.2 Å². The summed E-state index contributed by atoms with van der Waals surface area (Å²) in [5.74, 6) is 1.29. The molecular weight excluding hydrogens is 478 g/mol. The lowest BCUT2D eigenvalue weighted by Crippen LogP contribution is -2.49. The van der Waals surface area contributed by atoms with Crippen molar-refractivity contribution < 1.29 is 28.1 Å². The van der Waals surface area contributed by atoms with Crippen LogP contribution in [0.2, 0.25) is 0 Å². The van der Waals surface area contributed by atoms with Crippen LogP contribution in [0.5, 0.6) is 17.2 Å². The molecule has 0 spiro atoms. The van der Waals surface area contributed by atoms with Gasteiger partial charge < -0.3 is 19.7 Å². The van der Waals surface area contributed by atoms with Crippen LogP contribution >= 0.6 is 0 Å². The SMILES string of the molecule is CCCCOc1ccc(S(=O)(=O)N(C(C)COc2ccccc2)C(C)C(O)c2ccc(O)cc2)cc1. The molecule has 0 saturated carbocycles. The zero-order chi connectivity index (χ0) is 26.1. The van der Waals surface area contributed by atoms with Crippen molar-refractivity contribution in [3.8, 4) is 17.2 Å². The van der Waals surface area contributed by atoms with Crippen molar-refractivity contribution >= 4 is 10.0 Å². The Bertz CT molecular complexity index is 1170. The Morgan fingerprint density at radius 3 is 2.08 bits per heavy atom. The molecule has 0 amide bonds. The van der Waals surface area contributed by atoms with Gasteiger partial charge in [-0.25, -0.2) is 8.42 Å². The standard InChI is InChI=1S/C28H35NO6S/c1-4-5-19-34-26-15-17-27(18-16-26)36(32,33)29(21(2)20-35-25-9-7-6-8-10-25)22(3)28(31)23-11-13-24(30)14-12-23/h6-18,21-22,28,30-31H,4-5,19-20H2,1-3H3. The minimum Gasteiger partial charge on any atom is -0.508 e. The van der Waals surface area contributed by atoms with Crippen LogP contribution in [-0.2, 0) is 10.0 Å². The number of hydrogen-bond acceptors (Lipinski definition) is 6. The molecule has 0 saturated heterocycles. The van der Waals surface area contributed by atoms with E-state index >= 15 is 0 Å². The van der Waals surface area contributed by atoms with E-state index in [4.69, 9.17) is 9.47 Å². The zero-order valence-corrected chi connectivity index (χ0v) is 21.8. The van der Waals surface area contributed by atoms with E-state index in [0.29, 0.717) is 23.7 Å². The topological polar surface area (TPSA) is 96.3 Å². The van der Waals surface area contributed by atoms with Gasteiger partial charge in [-0.05, 0) is 74.4 Å². The molecule has 3 aromatic rings. The lowest BCUT2D eigenvalue weighted by molar-refractivity contribution is 0.0731. The monoisotopic (exact) mass is 513 g/mol. The van der Waals surface area contributed by atoms with Crippen molar-refractivity contribution in [1.29, 1.82) is 0 Å². The number of nitrogens with zero attached hydrogens (tertiary/aromatic N) is 1. The molecule has 3 rings (SSSR count). The molecule has 7 nitrogen and oxygen atoms in total. The highest BCUT2D eigenvalue weighted by atomic mass is 32.2. The summed E-state index contributed by atoms with van der Waals surface area (Å²) in [6.45, 7) is 6.15. The highest BCUT2D eigenvalue weighted by molar-refractivity contribution is 7.89. The third-order valence-corrected chi connectivity index (χ3v) is 8.04. The molecule has 194 valence electrons. The average molecular weight is 514 g/mol. The molecule has 0 aromatic heterocycles. The predicted octanol–water partition coefficient (Wildman–Crippen LogP) is 5.15. The van der Waals surface area contributed by atoms with E-state index in [-0.39, 0.29) is 17.3 Å². The Hall–Kier alpha value is -3.07. The van der Waals surface area contributed by atoms with E-state index in [0.717, 1.165) is 12.8 Å². The average Bonchev–Trinajstić information content (AvgIpc) is 2.88. The van der Waals surface area contributed by atoms with Crippen LogP contribution in [0.15, 0.2) is 83.8 Å². The molecule has 3 atom stereocenters. The second kappa shape index (κ2) is 12.8. The number of ether oxygens (including phenoxy) is 2. The van der Waals surface area contributed by atoms with Crippen molar-refractivity contribution in [2.24, 2.45) is 0 Å². The minimum atomic E-state index is -4.02. The molecule has 0 bridgehead atoms. The molecule has 0 aliphatic carbocycles. The van der Waals surface area contributed by atoms with Crippen molar-refractivity contribution in [3.05, 3.63) is 84.4 Å². The summed E-state index contributed by atoms with van der Waals surface area (Å²) in [6, 6.07) is 20.2. The number of rotatable bonds is 13. The van der Waals surface area contributed by atoms with Crippen LogP contribution in [0.4, 0.5) is 0 Å². The van der Waals surface area contributed by atoms with Gasteiger partial charge in [-0.3, -0.25) is 0 Å². The molecule has 0 heterocycles. The second-order valence-corrected chi connectivity index (χ2v) is 10.6. The van der Waals surface area contributed by atoms with Crippen molar-refractivity contribution in [1.82, 2.24) is 4.31 Å².